The Hall–Kier alpha value is -0.770. The van der Waals surface area contributed by atoms with E-state index in [1.54, 1.807) is 6.07 Å². The number of nitrogens with one attached hydrogen (secondary N) is 1. The van der Waals surface area contributed by atoms with E-state index in [0.29, 0.717) is 28.9 Å². The number of carbonyl (C=O) groups excluding carboxylic acids is 1. The van der Waals surface area contributed by atoms with Crippen molar-refractivity contribution in [2.45, 2.75) is 31.7 Å². The van der Waals surface area contributed by atoms with E-state index in [1.165, 1.54) is 0 Å². The Kier molecular flexibility index (Phi) is 5.70. The van der Waals surface area contributed by atoms with Crippen LogP contribution in [-0.2, 0) is 11.2 Å². The maximum Gasteiger partial charge on any atom is 0.223 e. The first kappa shape index (κ1) is 15.6. The summed E-state index contributed by atoms with van der Waals surface area (Å²) < 4.78 is 0. The fourth-order valence-electron chi connectivity index (χ4n) is 2.74. The lowest BCUT2D eigenvalue weighted by Gasteiger charge is -2.24. The van der Waals surface area contributed by atoms with Gasteiger partial charge in [0.05, 0.1) is 10.0 Å². The Bertz CT molecular complexity index is 479. The zero-order valence-electron chi connectivity index (χ0n) is 11.7. The summed E-state index contributed by atoms with van der Waals surface area (Å²) in [7, 11) is 1.92. The Morgan fingerprint density at radius 3 is 3.00 bits per heavy atom. The molecule has 0 radical (unpaired) electrons. The number of amides is 1. The molecule has 1 aliphatic rings. The highest BCUT2D eigenvalue weighted by Gasteiger charge is 2.27. The minimum absolute atomic E-state index is 0.207. The molecule has 20 heavy (non-hydrogen) atoms. The van der Waals surface area contributed by atoms with Gasteiger partial charge in [-0.2, -0.15) is 0 Å². The van der Waals surface area contributed by atoms with Crippen LogP contribution in [0.15, 0.2) is 18.2 Å². The van der Waals surface area contributed by atoms with Gasteiger partial charge >= 0.3 is 0 Å². The van der Waals surface area contributed by atoms with Crippen LogP contribution in [0.5, 0.6) is 0 Å². The maximum atomic E-state index is 12.3. The monoisotopic (exact) mass is 314 g/mol. The normalized spacial score (nSPS) is 18.6. The summed E-state index contributed by atoms with van der Waals surface area (Å²) in [6.45, 7) is 1.73. The molecule has 1 unspecified atom stereocenters. The van der Waals surface area contributed by atoms with E-state index in [1.807, 2.05) is 24.1 Å². The van der Waals surface area contributed by atoms with Crippen molar-refractivity contribution in [1.29, 1.82) is 0 Å². The number of likely N-dealkylation sites (tertiary alicyclic amines) is 1. The van der Waals surface area contributed by atoms with Gasteiger partial charge in [0.15, 0.2) is 0 Å². The van der Waals surface area contributed by atoms with Crippen molar-refractivity contribution in [2.75, 3.05) is 20.1 Å². The Labute approximate surface area is 130 Å². The second-order valence-corrected chi connectivity index (χ2v) is 5.94. The number of halogens is 2. The smallest absolute Gasteiger partial charge is 0.223 e. The van der Waals surface area contributed by atoms with Gasteiger partial charge in [-0.25, -0.2) is 0 Å². The summed E-state index contributed by atoms with van der Waals surface area (Å²) in [6, 6.07) is 5.89. The predicted molar refractivity (Wildman–Crippen MR) is 83.4 cm³/mol. The molecule has 1 aliphatic heterocycles. The van der Waals surface area contributed by atoms with Crippen LogP contribution in [0.1, 0.15) is 24.8 Å². The van der Waals surface area contributed by atoms with Crippen molar-refractivity contribution < 1.29 is 4.79 Å². The lowest BCUT2D eigenvalue weighted by atomic mass is 10.1. The van der Waals surface area contributed by atoms with Crippen molar-refractivity contribution >= 4 is 29.1 Å². The summed E-state index contributed by atoms with van der Waals surface area (Å²) in [4.78, 5) is 14.3. The number of aryl methyl sites for hydroxylation is 1. The van der Waals surface area contributed by atoms with Gasteiger partial charge in [-0.3, -0.25) is 4.79 Å². The van der Waals surface area contributed by atoms with Gasteiger partial charge in [0.1, 0.15) is 0 Å². The van der Waals surface area contributed by atoms with Crippen LogP contribution in [-0.4, -0.2) is 37.0 Å². The number of carbonyl (C=O) groups is 1. The van der Waals surface area contributed by atoms with Crippen LogP contribution < -0.4 is 5.32 Å². The molecule has 0 aromatic heterocycles. The first-order valence-electron chi connectivity index (χ1n) is 7.00. The second kappa shape index (κ2) is 7.30. The molecule has 1 amide bonds. The summed E-state index contributed by atoms with van der Waals surface area (Å²) in [5.74, 6) is 0.207. The molecule has 0 aliphatic carbocycles. The molecule has 1 fully saturated rings. The molecule has 0 saturated carbocycles. The highest BCUT2D eigenvalue weighted by molar-refractivity contribution is 6.42. The molecule has 110 valence electrons. The second-order valence-electron chi connectivity index (χ2n) is 5.15. The SMILES string of the molecule is CNCC1CCCN1C(=O)CCc1cccc(Cl)c1Cl. The van der Waals surface area contributed by atoms with Gasteiger partial charge in [-0.1, -0.05) is 35.3 Å². The first-order valence-corrected chi connectivity index (χ1v) is 7.76. The molecule has 0 bridgehead atoms. The number of likely N-dealkylation sites (N-methyl/N-ethyl adjacent to an activating group) is 1. The third-order valence-corrected chi connectivity index (χ3v) is 4.64. The van der Waals surface area contributed by atoms with Gasteiger partial charge in [-0.05, 0) is 37.9 Å². The molecule has 1 N–H and O–H groups in total. The van der Waals surface area contributed by atoms with Gasteiger partial charge in [0, 0.05) is 25.6 Å². The lowest BCUT2D eigenvalue weighted by Crippen LogP contribution is -2.40. The predicted octanol–water partition coefficient (Wildman–Crippen LogP) is 3.14. The van der Waals surface area contributed by atoms with Crippen LogP contribution in [0.3, 0.4) is 0 Å². The molecule has 1 atom stereocenters. The third kappa shape index (κ3) is 3.66. The Morgan fingerprint density at radius 1 is 1.45 bits per heavy atom. The van der Waals surface area contributed by atoms with E-state index in [-0.39, 0.29) is 5.91 Å². The quantitative estimate of drug-likeness (QED) is 0.905. The van der Waals surface area contributed by atoms with E-state index in [0.717, 1.165) is 31.5 Å². The van der Waals surface area contributed by atoms with E-state index in [9.17, 15) is 4.79 Å². The number of hydrogen-bond acceptors (Lipinski definition) is 2. The zero-order valence-corrected chi connectivity index (χ0v) is 13.2. The third-order valence-electron chi connectivity index (χ3n) is 3.78. The van der Waals surface area contributed by atoms with Crippen molar-refractivity contribution in [1.82, 2.24) is 10.2 Å². The van der Waals surface area contributed by atoms with Crippen molar-refractivity contribution in [3.63, 3.8) is 0 Å². The Balaban J connectivity index is 1.93. The molecule has 5 heteroatoms. The minimum atomic E-state index is 0.207. The largest absolute Gasteiger partial charge is 0.338 e. The number of rotatable bonds is 5. The van der Waals surface area contributed by atoms with Crippen LogP contribution in [0.4, 0.5) is 0 Å². The average molecular weight is 315 g/mol. The zero-order chi connectivity index (χ0) is 14.5. The van der Waals surface area contributed by atoms with E-state index in [2.05, 4.69) is 5.32 Å². The van der Waals surface area contributed by atoms with Gasteiger partial charge < -0.3 is 10.2 Å². The first-order chi connectivity index (χ1) is 9.63. The maximum absolute atomic E-state index is 12.3. The molecule has 2 rings (SSSR count). The minimum Gasteiger partial charge on any atom is -0.338 e. The summed E-state index contributed by atoms with van der Waals surface area (Å²) in [6.07, 6.45) is 3.31. The molecule has 1 aromatic rings. The topological polar surface area (TPSA) is 32.3 Å². The molecule has 3 nitrogen and oxygen atoms in total. The molecule has 1 aromatic carbocycles. The molecular formula is C15H20Cl2N2O. The summed E-state index contributed by atoms with van der Waals surface area (Å²) >= 11 is 12.1. The van der Waals surface area contributed by atoms with E-state index >= 15 is 0 Å². The van der Waals surface area contributed by atoms with Crippen LogP contribution >= 0.6 is 23.2 Å². The lowest BCUT2D eigenvalue weighted by molar-refractivity contribution is -0.131. The Morgan fingerprint density at radius 2 is 2.25 bits per heavy atom. The number of nitrogens with zero attached hydrogens (tertiary/aromatic N) is 1. The molecule has 0 spiro atoms. The molecular weight excluding hydrogens is 295 g/mol. The highest BCUT2D eigenvalue weighted by Crippen LogP contribution is 2.27. The van der Waals surface area contributed by atoms with E-state index < -0.39 is 0 Å². The van der Waals surface area contributed by atoms with Crippen LogP contribution in [0, 0.1) is 0 Å². The summed E-state index contributed by atoms with van der Waals surface area (Å²) in [5, 5.41) is 4.26. The van der Waals surface area contributed by atoms with Crippen LogP contribution in [0.2, 0.25) is 10.0 Å². The number of hydrogen-bond donors (Lipinski definition) is 1. The van der Waals surface area contributed by atoms with Gasteiger partial charge in [-0.15, -0.1) is 0 Å². The van der Waals surface area contributed by atoms with Gasteiger partial charge in [0.2, 0.25) is 5.91 Å². The van der Waals surface area contributed by atoms with Crippen LogP contribution in [0.25, 0.3) is 0 Å². The fraction of sp³-hybridized carbons (Fsp3) is 0.533. The number of benzene rings is 1. The molecule has 1 heterocycles. The average Bonchev–Trinajstić information content (AvgIpc) is 2.89. The van der Waals surface area contributed by atoms with Crippen molar-refractivity contribution in [3.05, 3.63) is 33.8 Å². The van der Waals surface area contributed by atoms with E-state index in [4.69, 9.17) is 23.2 Å². The highest BCUT2D eigenvalue weighted by atomic mass is 35.5. The fourth-order valence-corrected chi connectivity index (χ4v) is 3.15. The van der Waals surface area contributed by atoms with Crippen molar-refractivity contribution in [2.24, 2.45) is 0 Å². The van der Waals surface area contributed by atoms with Crippen molar-refractivity contribution in [3.8, 4) is 0 Å². The van der Waals surface area contributed by atoms with Gasteiger partial charge in [0.25, 0.3) is 0 Å². The standard InChI is InChI=1S/C15H20Cl2N2O/c1-18-10-12-5-3-9-19(12)14(20)8-7-11-4-2-6-13(16)15(11)17/h2,4,6,12,18H,3,5,7-10H2,1H3. The molecule has 1 saturated heterocycles. The summed E-state index contributed by atoms with van der Waals surface area (Å²) in [5.41, 5.74) is 0.942.